The van der Waals surface area contributed by atoms with E-state index in [0.717, 1.165) is 42.7 Å². The predicted octanol–water partition coefficient (Wildman–Crippen LogP) is 5.22. The van der Waals surface area contributed by atoms with Gasteiger partial charge in [-0.15, -0.1) is 11.3 Å². The van der Waals surface area contributed by atoms with Crippen molar-refractivity contribution in [1.82, 2.24) is 10.3 Å². The second-order valence-electron chi connectivity index (χ2n) is 7.61. The minimum atomic E-state index is -0.252. The number of thiazole rings is 1. The van der Waals surface area contributed by atoms with Crippen molar-refractivity contribution < 1.29 is 9.59 Å². The van der Waals surface area contributed by atoms with Crippen molar-refractivity contribution >= 4 is 39.9 Å². The van der Waals surface area contributed by atoms with Gasteiger partial charge in [-0.05, 0) is 61.9 Å². The standard InChI is InChI=1S/C24H24ClN3O2S/c25-18-13-11-17(12-14-18)22(29)28-24-27-21-19(9-4-10-20(21)31-24)23(30)26-15-5-8-16-6-2-1-3-7-16/h1-3,6-7,11-14,19H,4-5,8-10,15H2,(H,26,30)(H,27,28,29). The van der Waals surface area contributed by atoms with Crippen LogP contribution in [0.25, 0.3) is 0 Å². The summed E-state index contributed by atoms with van der Waals surface area (Å²) in [7, 11) is 0. The molecule has 2 N–H and O–H groups in total. The highest BCUT2D eigenvalue weighted by molar-refractivity contribution is 7.16. The summed E-state index contributed by atoms with van der Waals surface area (Å²) in [5.41, 5.74) is 2.60. The molecule has 0 fully saturated rings. The first-order valence-corrected chi connectivity index (χ1v) is 11.7. The molecule has 0 radical (unpaired) electrons. The van der Waals surface area contributed by atoms with Crippen LogP contribution in [0.2, 0.25) is 5.02 Å². The third-order valence-electron chi connectivity index (χ3n) is 5.38. The van der Waals surface area contributed by atoms with E-state index in [1.807, 2.05) is 18.2 Å². The summed E-state index contributed by atoms with van der Waals surface area (Å²) >= 11 is 7.35. The Hall–Kier alpha value is -2.70. The maximum Gasteiger partial charge on any atom is 0.257 e. The minimum absolute atomic E-state index is 0.0230. The Morgan fingerprint density at radius 2 is 1.87 bits per heavy atom. The SMILES string of the molecule is O=C(Nc1nc2c(s1)CCCC2C(=O)NCCCc1ccccc1)c1ccc(Cl)cc1. The van der Waals surface area contributed by atoms with Crippen LogP contribution in [0.5, 0.6) is 0 Å². The van der Waals surface area contributed by atoms with Crippen LogP contribution in [0.15, 0.2) is 54.6 Å². The van der Waals surface area contributed by atoms with Crippen LogP contribution in [0.4, 0.5) is 5.13 Å². The number of nitrogens with one attached hydrogen (secondary N) is 2. The van der Waals surface area contributed by atoms with E-state index in [1.54, 1.807) is 24.3 Å². The van der Waals surface area contributed by atoms with E-state index >= 15 is 0 Å². The molecule has 1 aromatic heterocycles. The Morgan fingerprint density at radius 3 is 2.65 bits per heavy atom. The molecular formula is C24H24ClN3O2S. The van der Waals surface area contributed by atoms with Gasteiger partial charge in [0.1, 0.15) is 0 Å². The summed E-state index contributed by atoms with van der Waals surface area (Å²) in [5, 5.41) is 7.05. The Labute approximate surface area is 190 Å². The summed E-state index contributed by atoms with van der Waals surface area (Å²) < 4.78 is 0. The topological polar surface area (TPSA) is 71.1 Å². The van der Waals surface area contributed by atoms with E-state index in [0.29, 0.717) is 22.3 Å². The Kier molecular flexibility index (Phi) is 6.99. The van der Waals surface area contributed by atoms with Crippen LogP contribution < -0.4 is 10.6 Å². The maximum absolute atomic E-state index is 12.8. The fourth-order valence-corrected chi connectivity index (χ4v) is 4.96. The lowest BCUT2D eigenvalue weighted by Gasteiger charge is -2.20. The molecule has 1 unspecified atom stereocenters. The van der Waals surface area contributed by atoms with Crippen LogP contribution in [0.1, 0.15) is 51.7 Å². The molecule has 1 aliphatic rings. The molecule has 4 rings (SSSR count). The Bertz CT molecular complexity index is 1050. The maximum atomic E-state index is 12.8. The molecule has 1 aliphatic carbocycles. The molecule has 5 nitrogen and oxygen atoms in total. The van der Waals surface area contributed by atoms with Crippen LogP contribution in [0, 0.1) is 0 Å². The van der Waals surface area contributed by atoms with Gasteiger partial charge in [-0.25, -0.2) is 4.98 Å². The number of nitrogens with zero attached hydrogens (tertiary/aromatic N) is 1. The van der Waals surface area contributed by atoms with Crippen LogP contribution in [0.3, 0.4) is 0 Å². The molecule has 1 heterocycles. The lowest BCUT2D eigenvalue weighted by molar-refractivity contribution is -0.122. The van der Waals surface area contributed by atoms with Crippen LogP contribution in [-0.4, -0.2) is 23.3 Å². The second kappa shape index (κ2) is 10.1. The molecule has 160 valence electrons. The van der Waals surface area contributed by atoms with Gasteiger partial charge in [0, 0.05) is 22.0 Å². The van der Waals surface area contributed by atoms with Gasteiger partial charge in [0.2, 0.25) is 5.91 Å². The highest BCUT2D eigenvalue weighted by atomic mass is 35.5. The average Bonchev–Trinajstić information content (AvgIpc) is 3.20. The normalized spacial score (nSPS) is 15.2. The number of fused-ring (bicyclic) bond motifs is 1. The summed E-state index contributed by atoms with van der Waals surface area (Å²) in [4.78, 5) is 31.0. The van der Waals surface area contributed by atoms with E-state index in [1.165, 1.54) is 16.9 Å². The number of carbonyl (C=O) groups excluding carboxylic acids is 2. The first-order chi connectivity index (χ1) is 15.1. The lowest BCUT2D eigenvalue weighted by atomic mass is 9.90. The highest BCUT2D eigenvalue weighted by Crippen LogP contribution is 2.37. The molecule has 3 aromatic rings. The minimum Gasteiger partial charge on any atom is -0.356 e. The number of rotatable bonds is 7. The zero-order valence-electron chi connectivity index (χ0n) is 17.1. The van der Waals surface area contributed by atoms with E-state index in [2.05, 4.69) is 27.8 Å². The molecule has 0 saturated carbocycles. The number of benzene rings is 2. The smallest absolute Gasteiger partial charge is 0.257 e. The summed E-state index contributed by atoms with van der Waals surface area (Å²) in [6.45, 7) is 0.643. The van der Waals surface area contributed by atoms with Crippen molar-refractivity contribution in [2.24, 2.45) is 0 Å². The Balaban J connectivity index is 1.35. The molecule has 0 aliphatic heterocycles. The molecular weight excluding hydrogens is 430 g/mol. The van der Waals surface area contributed by atoms with Crippen molar-refractivity contribution in [2.45, 2.75) is 38.0 Å². The summed E-state index contributed by atoms with van der Waals surface area (Å²) in [5.74, 6) is -0.461. The van der Waals surface area contributed by atoms with Gasteiger partial charge in [0.15, 0.2) is 5.13 Å². The molecule has 1 atom stereocenters. The zero-order valence-corrected chi connectivity index (χ0v) is 18.6. The number of halogens is 1. The van der Waals surface area contributed by atoms with Crippen molar-refractivity contribution in [3.05, 3.63) is 81.3 Å². The quantitative estimate of drug-likeness (QED) is 0.482. The Morgan fingerprint density at radius 1 is 1.10 bits per heavy atom. The fraction of sp³-hybridized carbons (Fsp3) is 0.292. The molecule has 0 saturated heterocycles. The predicted molar refractivity (Wildman–Crippen MR) is 125 cm³/mol. The molecule has 0 bridgehead atoms. The molecule has 2 amide bonds. The average molecular weight is 454 g/mol. The number of aromatic nitrogens is 1. The van der Waals surface area contributed by atoms with Crippen LogP contribution in [-0.2, 0) is 17.6 Å². The lowest BCUT2D eigenvalue weighted by Crippen LogP contribution is -2.32. The third-order valence-corrected chi connectivity index (χ3v) is 6.68. The zero-order chi connectivity index (χ0) is 21.6. The van der Waals surface area contributed by atoms with Crippen molar-refractivity contribution in [1.29, 1.82) is 0 Å². The van der Waals surface area contributed by atoms with Crippen molar-refractivity contribution in [3.63, 3.8) is 0 Å². The molecule has 31 heavy (non-hydrogen) atoms. The van der Waals surface area contributed by atoms with E-state index in [-0.39, 0.29) is 17.7 Å². The van der Waals surface area contributed by atoms with Gasteiger partial charge in [-0.2, -0.15) is 0 Å². The number of hydrogen-bond donors (Lipinski definition) is 2. The van der Waals surface area contributed by atoms with Gasteiger partial charge in [-0.1, -0.05) is 41.9 Å². The van der Waals surface area contributed by atoms with Gasteiger partial charge < -0.3 is 5.32 Å². The highest BCUT2D eigenvalue weighted by Gasteiger charge is 2.30. The summed E-state index contributed by atoms with van der Waals surface area (Å²) in [6, 6.07) is 17.0. The molecule has 0 spiro atoms. The van der Waals surface area contributed by atoms with E-state index in [4.69, 9.17) is 11.6 Å². The van der Waals surface area contributed by atoms with E-state index < -0.39 is 0 Å². The largest absolute Gasteiger partial charge is 0.356 e. The van der Waals surface area contributed by atoms with Gasteiger partial charge in [0.25, 0.3) is 5.91 Å². The van der Waals surface area contributed by atoms with Gasteiger partial charge >= 0.3 is 0 Å². The van der Waals surface area contributed by atoms with Crippen molar-refractivity contribution in [3.8, 4) is 0 Å². The van der Waals surface area contributed by atoms with E-state index in [9.17, 15) is 9.59 Å². The number of anilines is 1. The van der Waals surface area contributed by atoms with Crippen molar-refractivity contribution in [2.75, 3.05) is 11.9 Å². The number of carbonyl (C=O) groups is 2. The first kappa shape index (κ1) is 21.5. The summed E-state index contributed by atoms with van der Waals surface area (Å²) in [6.07, 6.45) is 4.46. The van der Waals surface area contributed by atoms with Gasteiger partial charge in [-0.3, -0.25) is 14.9 Å². The number of hydrogen-bond acceptors (Lipinski definition) is 4. The first-order valence-electron chi connectivity index (χ1n) is 10.5. The van der Waals surface area contributed by atoms with Gasteiger partial charge in [0.05, 0.1) is 11.6 Å². The van der Waals surface area contributed by atoms with Crippen LogP contribution >= 0.6 is 22.9 Å². The number of aryl methyl sites for hydroxylation is 2. The monoisotopic (exact) mass is 453 g/mol. The molecule has 7 heteroatoms. The molecule has 2 aromatic carbocycles. The second-order valence-corrected chi connectivity index (χ2v) is 9.13. The number of amides is 2. The fourth-order valence-electron chi connectivity index (χ4n) is 3.77. The third kappa shape index (κ3) is 5.51.